The summed E-state index contributed by atoms with van der Waals surface area (Å²) in [7, 11) is 0. The molecule has 0 radical (unpaired) electrons. The molecule has 0 atom stereocenters. The Morgan fingerprint density at radius 1 is 1.42 bits per heavy atom. The van der Waals surface area contributed by atoms with Crippen molar-refractivity contribution in [1.29, 1.82) is 0 Å². The summed E-state index contributed by atoms with van der Waals surface area (Å²) >= 11 is 0. The number of carbonyl (C=O) groups is 2. The van der Waals surface area contributed by atoms with Crippen LogP contribution in [0.4, 0.5) is 11.4 Å². The molecule has 4 nitrogen and oxygen atoms in total. The Balaban J connectivity index is 2.08. The van der Waals surface area contributed by atoms with Gasteiger partial charge in [-0.25, -0.2) is 0 Å². The first-order valence-corrected chi connectivity index (χ1v) is 6.35. The third kappa shape index (κ3) is 3.59. The number of hydrogen-bond acceptors (Lipinski definition) is 2. The molecule has 1 aliphatic rings. The quantitative estimate of drug-likeness (QED) is 0.815. The summed E-state index contributed by atoms with van der Waals surface area (Å²) < 4.78 is 0. The highest BCUT2D eigenvalue weighted by atomic mass is 16.2. The number of benzene rings is 1. The molecule has 4 heteroatoms. The number of hydrogen-bond donors (Lipinski definition) is 2. The molecule has 0 aromatic heterocycles. The van der Waals surface area contributed by atoms with Crippen LogP contribution in [0.2, 0.25) is 0 Å². The second-order valence-electron chi connectivity index (χ2n) is 4.53. The zero-order valence-corrected chi connectivity index (χ0v) is 10.7. The maximum absolute atomic E-state index is 11.6. The number of nitrogens with one attached hydrogen (secondary N) is 2. The van der Waals surface area contributed by atoms with Crippen LogP contribution < -0.4 is 10.6 Å². The molecule has 2 amide bonds. The molecule has 1 heterocycles. The SMILES string of the molecule is C#CCCC(=O)Nc1ccc2c(c1)CCCC(=O)N2. The molecule has 0 saturated carbocycles. The molecule has 19 heavy (non-hydrogen) atoms. The lowest BCUT2D eigenvalue weighted by Crippen LogP contribution is -2.12. The van der Waals surface area contributed by atoms with Crippen LogP contribution in [-0.2, 0) is 16.0 Å². The summed E-state index contributed by atoms with van der Waals surface area (Å²) in [4.78, 5) is 23.0. The van der Waals surface area contributed by atoms with E-state index in [9.17, 15) is 9.59 Å². The Kier molecular flexibility index (Phi) is 4.19. The third-order valence-electron chi connectivity index (χ3n) is 3.01. The summed E-state index contributed by atoms with van der Waals surface area (Å²) in [6.07, 6.45) is 8.08. The van der Waals surface area contributed by atoms with Crippen molar-refractivity contribution >= 4 is 23.2 Å². The highest BCUT2D eigenvalue weighted by Crippen LogP contribution is 2.25. The van der Waals surface area contributed by atoms with E-state index in [0.717, 1.165) is 29.8 Å². The van der Waals surface area contributed by atoms with Gasteiger partial charge in [0.15, 0.2) is 0 Å². The topological polar surface area (TPSA) is 58.2 Å². The van der Waals surface area contributed by atoms with Crippen LogP contribution in [0, 0.1) is 12.3 Å². The molecule has 0 spiro atoms. The molecule has 2 N–H and O–H groups in total. The van der Waals surface area contributed by atoms with Gasteiger partial charge in [0.05, 0.1) is 0 Å². The van der Waals surface area contributed by atoms with Gasteiger partial charge in [0.2, 0.25) is 11.8 Å². The zero-order chi connectivity index (χ0) is 13.7. The summed E-state index contributed by atoms with van der Waals surface area (Å²) in [5.74, 6) is 2.40. The maximum atomic E-state index is 11.6. The normalized spacial score (nSPS) is 13.7. The van der Waals surface area contributed by atoms with Gasteiger partial charge in [0, 0.05) is 30.6 Å². The highest BCUT2D eigenvalue weighted by Gasteiger charge is 2.13. The minimum Gasteiger partial charge on any atom is -0.326 e. The fourth-order valence-corrected chi connectivity index (χ4v) is 2.06. The van der Waals surface area contributed by atoms with E-state index < -0.39 is 0 Å². The van der Waals surface area contributed by atoms with Crippen LogP contribution in [0.5, 0.6) is 0 Å². The minimum absolute atomic E-state index is 0.0459. The smallest absolute Gasteiger partial charge is 0.225 e. The summed E-state index contributed by atoms with van der Waals surface area (Å²) in [6, 6.07) is 5.53. The predicted molar refractivity (Wildman–Crippen MR) is 74.7 cm³/mol. The number of aryl methyl sites for hydroxylation is 1. The Labute approximate surface area is 112 Å². The lowest BCUT2D eigenvalue weighted by molar-refractivity contribution is -0.117. The molecule has 0 aliphatic carbocycles. The fourth-order valence-electron chi connectivity index (χ4n) is 2.06. The van der Waals surface area contributed by atoms with Crippen molar-refractivity contribution in [3.05, 3.63) is 23.8 Å². The van der Waals surface area contributed by atoms with Crippen molar-refractivity contribution in [2.45, 2.75) is 32.1 Å². The number of amides is 2. The molecular weight excluding hydrogens is 240 g/mol. The number of rotatable bonds is 3. The molecule has 98 valence electrons. The average molecular weight is 256 g/mol. The molecule has 2 rings (SSSR count). The molecule has 1 aromatic rings. The van der Waals surface area contributed by atoms with Crippen LogP contribution in [0.25, 0.3) is 0 Å². The Hall–Kier alpha value is -2.28. The molecular formula is C15H16N2O2. The summed E-state index contributed by atoms with van der Waals surface area (Å²) in [5, 5.41) is 5.67. The van der Waals surface area contributed by atoms with Crippen LogP contribution in [0.1, 0.15) is 31.2 Å². The van der Waals surface area contributed by atoms with Crippen LogP contribution in [0.15, 0.2) is 18.2 Å². The number of terminal acetylenes is 1. The fraction of sp³-hybridized carbons (Fsp3) is 0.333. The van der Waals surface area contributed by atoms with Gasteiger partial charge < -0.3 is 10.6 Å². The monoisotopic (exact) mass is 256 g/mol. The second-order valence-corrected chi connectivity index (χ2v) is 4.53. The molecule has 0 saturated heterocycles. The molecule has 0 bridgehead atoms. The number of fused-ring (bicyclic) bond motifs is 1. The van der Waals surface area contributed by atoms with E-state index in [1.807, 2.05) is 12.1 Å². The van der Waals surface area contributed by atoms with Crippen molar-refractivity contribution in [3.8, 4) is 12.3 Å². The summed E-state index contributed by atoms with van der Waals surface area (Å²) in [5.41, 5.74) is 2.64. The molecule has 1 aliphatic heterocycles. The first-order valence-electron chi connectivity index (χ1n) is 6.35. The largest absolute Gasteiger partial charge is 0.326 e. The lowest BCUT2D eigenvalue weighted by atomic mass is 10.1. The van der Waals surface area contributed by atoms with Gasteiger partial charge >= 0.3 is 0 Å². The third-order valence-corrected chi connectivity index (χ3v) is 3.01. The van der Waals surface area contributed by atoms with Gasteiger partial charge in [0.25, 0.3) is 0 Å². The molecule has 1 aromatic carbocycles. The van der Waals surface area contributed by atoms with E-state index in [1.165, 1.54) is 0 Å². The Morgan fingerprint density at radius 3 is 3.05 bits per heavy atom. The van der Waals surface area contributed by atoms with Gasteiger partial charge in [-0.05, 0) is 36.6 Å². The van der Waals surface area contributed by atoms with Gasteiger partial charge in [-0.2, -0.15) is 0 Å². The van der Waals surface area contributed by atoms with Crippen LogP contribution in [0.3, 0.4) is 0 Å². The standard InChI is InChI=1S/C15H16N2O2/c1-2-3-6-14(18)16-12-8-9-13-11(10-12)5-4-7-15(19)17-13/h1,8-10H,3-7H2,(H,16,18)(H,17,19). The van der Waals surface area contributed by atoms with E-state index in [4.69, 9.17) is 6.42 Å². The number of carbonyl (C=O) groups excluding carboxylic acids is 2. The van der Waals surface area contributed by atoms with E-state index in [0.29, 0.717) is 19.3 Å². The predicted octanol–water partition coefficient (Wildman–Crippen LogP) is 2.31. The molecule has 0 unspecified atom stereocenters. The Bertz CT molecular complexity index is 544. The van der Waals surface area contributed by atoms with Gasteiger partial charge in [-0.15, -0.1) is 12.3 Å². The first-order chi connectivity index (χ1) is 9.19. The lowest BCUT2D eigenvalue weighted by Gasteiger charge is -2.10. The van der Waals surface area contributed by atoms with Crippen molar-refractivity contribution in [1.82, 2.24) is 0 Å². The van der Waals surface area contributed by atoms with Crippen LogP contribution >= 0.6 is 0 Å². The average Bonchev–Trinajstić information content (AvgIpc) is 2.57. The second kappa shape index (κ2) is 6.05. The van der Waals surface area contributed by atoms with Crippen molar-refractivity contribution in [2.75, 3.05) is 10.6 Å². The van der Waals surface area contributed by atoms with E-state index in [-0.39, 0.29) is 11.8 Å². The van der Waals surface area contributed by atoms with Crippen molar-refractivity contribution in [2.24, 2.45) is 0 Å². The van der Waals surface area contributed by atoms with Gasteiger partial charge in [-0.1, -0.05) is 0 Å². The molecule has 0 fully saturated rings. The van der Waals surface area contributed by atoms with Gasteiger partial charge in [0.1, 0.15) is 0 Å². The van der Waals surface area contributed by atoms with E-state index in [1.54, 1.807) is 6.07 Å². The zero-order valence-electron chi connectivity index (χ0n) is 10.7. The van der Waals surface area contributed by atoms with Crippen molar-refractivity contribution in [3.63, 3.8) is 0 Å². The van der Waals surface area contributed by atoms with E-state index >= 15 is 0 Å². The maximum Gasteiger partial charge on any atom is 0.225 e. The van der Waals surface area contributed by atoms with Crippen molar-refractivity contribution < 1.29 is 9.59 Å². The minimum atomic E-state index is -0.0874. The van der Waals surface area contributed by atoms with E-state index in [2.05, 4.69) is 16.6 Å². The first kappa shape index (κ1) is 13.2. The summed E-state index contributed by atoms with van der Waals surface area (Å²) in [6.45, 7) is 0. The van der Waals surface area contributed by atoms with Gasteiger partial charge in [-0.3, -0.25) is 9.59 Å². The number of anilines is 2. The highest BCUT2D eigenvalue weighted by molar-refractivity contribution is 5.94. The van der Waals surface area contributed by atoms with Crippen LogP contribution in [-0.4, -0.2) is 11.8 Å². The Morgan fingerprint density at radius 2 is 2.26 bits per heavy atom.